The Morgan fingerprint density at radius 2 is 1.39 bits per heavy atom. The number of hydrogen-bond donors (Lipinski definition) is 2. The highest BCUT2D eigenvalue weighted by Crippen LogP contribution is 2.32. The summed E-state index contributed by atoms with van der Waals surface area (Å²) < 4.78 is 108. The molecule has 21 heteroatoms. The predicted molar refractivity (Wildman–Crippen MR) is 136 cm³/mol. The number of non-ortho nitro benzene ring substituents is 1. The SMILES string of the molecule is CS(=O)(=O)O.CS(=O)(=O)OCCN(CCOS(C)(=O)=O)c1ccc([N+](=O)[O-])cc1S(=O)(=O)N1CCNCC1. The number of nitrogens with zero attached hydrogens (tertiary/aromatic N) is 3. The zero-order valence-corrected chi connectivity index (χ0v) is 24.0. The van der Waals surface area contributed by atoms with E-state index in [0.29, 0.717) is 19.3 Å². The molecule has 2 rings (SSSR count). The number of nitrogens with one attached hydrogen (secondary N) is 1. The maximum atomic E-state index is 13.3. The van der Waals surface area contributed by atoms with Gasteiger partial charge in [0.05, 0.1) is 42.6 Å². The van der Waals surface area contributed by atoms with Gasteiger partial charge in [-0.25, -0.2) is 8.42 Å². The first-order valence-electron chi connectivity index (χ1n) is 10.6. The van der Waals surface area contributed by atoms with Crippen LogP contribution in [-0.2, 0) is 48.7 Å². The van der Waals surface area contributed by atoms with E-state index in [0.717, 1.165) is 24.6 Å². The fourth-order valence-electron chi connectivity index (χ4n) is 3.06. The Kier molecular flexibility index (Phi) is 12.4. The molecule has 1 heterocycles. The molecule has 17 nitrogen and oxygen atoms in total. The molecule has 0 amide bonds. The number of sulfonamides is 1. The second-order valence-electron chi connectivity index (χ2n) is 7.84. The van der Waals surface area contributed by atoms with Crippen LogP contribution in [0.15, 0.2) is 23.1 Å². The number of nitro benzene ring substituents is 1. The molecule has 38 heavy (non-hydrogen) atoms. The zero-order chi connectivity index (χ0) is 29.4. The summed E-state index contributed by atoms with van der Waals surface area (Å²) in [6.07, 6.45) is 2.40. The van der Waals surface area contributed by atoms with Crippen molar-refractivity contribution in [1.82, 2.24) is 9.62 Å². The first-order chi connectivity index (χ1) is 17.2. The van der Waals surface area contributed by atoms with E-state index in [1.54, 1.807) is 0 Å². The number of anilines is 1. The van der Waals surface area contributed by atoms with Crippen molar-refractivity contribution in [2.45, 2.75) is 4.90 Å². The van der Waals surface area contributed by atoms with Crippen molar-refractivity contribution in [2.24, 2.45) is 0 Å². The second kappa shape index (κ2) is 13.9. The molecule has 0 spiro atoms. The Labute approximate surface area is 221 Å². The van der Waals surface area contributed by atoms with Gasteiger partial charge in [-0.15, -0.1) is 0 Å². The van der Waals surface area contributed by atoms with Crippen LogP contribution in [0.1, 0.15) is 0 Å². The van der Waals surface area contributed by atoms with Crippen LogP contribution in [0.4, 0.5) is 11.4 Å². The van der Waals surface area contributed by atoms with Gasteiger partial charge >= 0.3 is 0 Å². The third kappa shape index (κ3) is 13.2. The van der Waals surface area contributed by atoms with Gasteiger partial charge in [0.25, 0.3) is 36.0 Å². The highest BCUT2D eigenvalue weighted by molar-refractivity contribution is 7.89. The van der Waals surface area contributed by atoms with Crippen LogP contribution >= 0.6 is 0 Å². The van der Waals surface area contributed by atoms with E-state index in [9.17, 15) is 43.8 Å². The van der Waals surface area contributed by atoms with Crippen molar-refractivity contribution in [3.63, 3.8) is 0 Å². The number of benzene rings is 1. The number of hydrogen-bond acceptors (Lipinski definition) is 14. The molecular weight excluding hydrogens is 596 g/mol. The van der Waals surface area contributed by atoms with E-state index in [1.165, 1.54) is 15.3 Å². The minimum atomic E-state index is -4.17. The Hall–Kier alpha value is -1.98. The average molecular weight is 627 g/mol. The van der Waals surface area contributed by atoms with Crippen molar-refractivity contribution >= 4 is 51.8 Å². The van der Waals surface area contributed by atoms with Gasteiger partial charge in [-0.3, -0.25) is 23.0 Å². The molecule has 0 bridgehead atoms. The summed E-state index contributed by atoms with van der Waals surface area (Å²) in [7, 11) is -15.4. The van der Waals surface area contributed by atoms with Gasteiger partial charge in [0.2, 0.25) is 10.0 Å². The number of nitro groups is 1. The first-order valence-corrected chi connectivity index (χ1v) is 17.5. The highest BCUT2D eigenvalue weighted by atomic mass is 32.2. The summed E-state index contributed by atoms with van der Waals surface area (Å²) >= 11 is 0. The van der Waals surface area contributed by atoms with Crippen LogP contribution < -0.4 is 10.2 Å². The Morgan fingerprint density at radius 1 is 0.947 bits per heavy atom. The lowest BCUT2D eigenvalue weighted by atomic mass is 10.2. The van der Waals surface area contributed by atoms with Gasteiger partial charge in [-0.2, -0.15) is 29.6 Å². The van der Waals surface area contributed by atoms with E-state index in [2.05, 4.69) is 5.32 Å². The van der Waals surface area contributed by atoms with Crippen LogP contribution in [0, 0.1) is 10.1 Å². The van der Waals surface area contributed by atoms with Gasteiger partial charge in [0.15, 0.2) is 0 Å². The molecule has 0 aliphatic carbocycles. The summed E-state index contributed by atoms with van der Waals surface area (Å²) in [6.45, 7) is 0.0285. The summed E-state index contributed by atoms with van der Waals surface area (Å²) in [6, 6.07) is 3.25. The molecular formula is C17H30N4O13S4. The van der Waals surface area contributed by atoms with E-state index in [1.807, 2.05) is 0 Å². The van der Waals surface area contributed by atoms with Crippen molar-refractivity contribution < 1.29 is 51.5 Å². The summed E-state index contributed by atoms with van der Waals surface area (Å²) in [4.78, 5) is 11.5. The Bertz CT molecular complexity index is 1340. The molecule has 1 fully saturated rings. The van der Waals surface area contributed by atoms with Crippen molar-refractivity contribution in [3.8, 4) is 0 Å². The molecule has 1 aromatic rings. The van der Waals surface area contributed by atoms with Crippen LogP contribution in [-0.4, -0.2) is 119 Å². The third-order valence-electron chi connectivity index (χ3n) is 4.51. The van der Waals surface area contributed by atoms with Crippen LogP contribution in [0.5, 0.6) is 0 Å². The lowest BCUT2D eigenvalue weighted by Gasteiger charge is -2.30. The normalized spacial score (nSPS) is 15.4. The summed E-state index contributed by atoms with van der Waals surface area (Å²) in [5, 5.41) is 14.3. The maximum Gasteiger partial charge on any atom is 0.270 e. The molecule has 0 atom stereocenters. The molecule has 0 saturated carbocycles. The molecule has 1 aliphatic heterocycles. The molecule has 2 N–H and O–H groups in total. The van der Waals surface area contributed by atoms with E-state index >= 15 is 0 Å². The topological polar surface area (TPSA) is 237 Å². The third-order valence-corrected chi connectivity index (χ3v) is 7.62. The van der Waals surface area contributed by atoms with Gasteiger partial charge in [0.1, 0.15) is 4.90 Å². The van der Waals surface area contributed by atoms with Crippen LogP contribution in [0.2, 0.25) is 0 Å². The van der Waals surface area contributed by atoms with Crippen LogP contribution in [0.25, 0.3) is 0 Å². The lowest BCUT2D eigenvalue weighted by Crippen LogP contribution is -2.46. The molecule has 1 aromatic carbocycles. The average Bonchev–Trinajstić information content (AvgIpc) is 2.75. The second-order valence-corrected chi connectivity index (χ2v) is 14.5. The fraction of sp³-hybridized carbons (Fsp3) is 0.647. The molecule has 1 saturated heterocycles. The smallest absolute Gasteiger partial charge is 0.270 e. The van der Waals surface area contributed by atoms with Crippen molar-refractivity contribution in [3.05, 3.63) is 28.3 Å². The van der Waals surface area contributed by atoms with Crippen molar-refractivity contribution in [1.29, 1.82) is 0 Å². The maximum absolute atomic E-state index is 13.3. The van der Waals surface area contributed by atoms with Gasteiger partial charge < -0.3 is 10.2 Å². The van der Waals surface area contributed by atoms with Crippen LogP contribution in [0.3, 0.4) is 0 Å². The lowest BCUT2D eigenvalue weighted by molar-refractivity contribution is -0.385. The van der Waals surface area contributed by atoms with E-state index in [-0.39, 0.29) is 50.0 Å². The Morgan fingerprint density at radius 3 is 1.79 bits per heavy atom. The molecule has 0 radical (unpaired) electrons. The predicted octanol–water partition coefficient (Wildman–Crippen LogP) is -1.55. The quantitative estimate of drug-likeness (QED) is 0.116. The molecule has 0 aromatic heterocycles. The number of piperazine rings is 1. The van der Waals surface area contributed by atoms with Gasteiger partial charge in [-0.1, -0.05) is 0 Å². The number of rotatable bonds is 12. The zero-order valence-electron chi connectivity index (χ0n) is 20.7. The summed E-state index contributed by atoms with van der Waals surface area (Å²) in [5.74, 6) is 0. The van der Waals surface area contributed by atoms with E-state index < -0.39 is 51.0 Å². The van der Waals surface area contributed by atoms with Crippen molar-refractivity contribution in [2.75, 3.05) is 76.1 Å². The largest absolute Gasteiger partial charge is 0.366 e. The summed E-state index contributed by atoms with van der Waals surface area (Å²) in [5.41, 5.74) is -0.430. The minimum absolute atomic E-state index is 0.0216. The Balaban J connectivity index is 0.00000132. The monoisotopic (exact) mass is 626 g/mol. The van der Waals surface area contributed by atoms with Gasteiger partial charge in [0, 0.05) is 51.4 Å². The fourth-order valence-corrected chi connectivity index (χ4v) is 5.49. The minimum Gasteiger partial charge on any atom is -0.366 e. The highest BCUT2D eigenvalue weighted by Gasteiger charge is 2.31. The van der Waals surface area contributed by atoms with E-state index in [4.69, 9.17) is 12.9 Å². The first kappa shape index (κ1) is 34.0. The molecule has 0 unspecified atom stereocenters. The van der Waals surface area contributed by atoms with Gasteiger partial charge in [-0.05, 0) is 6.07 Å². The molecule has 1 aliphatic rings. The standard InChI is InChI=1S/C16H26N4O10S3.CH4O3S/c1-31(23,24)29-11-9-18(10-12-30-32(2,25)26)15-4-3-14(20(21)22)13-16(15)33(27,28)19-7-5-17-6-8-19;1-5(2,3)4/h3-4,13,17H,5-12H2,1-2H3;1H3,(H,2,3,4). The molecule has 220 valence electrons.